The third-order valence-corrected chi connectivity index (χ3v) is 2.13. The standard InChI is InChI=1S/C10H7ClN2O/c11-8-4-2-1-3-7(8)10-12-6-5-9(14)13-10/h1-6H,(H,12,13,14). The molecule has 1 N–H and O–H groups in total. The van der Waals surface area contributed by atoms with Gasteiger partial charge in [-0.3, -0.25) is 4.79 Å². The SMILES string of the molecule is O=c1ccnc(-c2ccccc2Cl)[nH]1. The van der Waals surface area contributed by atoms with Crippen LogP contribution in [0.25, 0.3) is 11.4 Å². The summed E-state index contributed by atoms with van der Waals surface area (Å²) in [4.78, 5) is 17.7. The molecule has 0 radical (unpaired) electrons. The highest BCUT2D eigenvalue weighted by Gasteiger charge is 2.03. The second-order valence-electron chi connectivity index (χ2n) is 2.76. The maximum absolute atomic E-state index is 11.0. The van der Waals surface area contributed by atoms with Gasteiger partial charge in [0.15, 0.2) is 0 Å². The van der Waals surface area contributed by atoms with Gasteiger partial charge in [0.1, 0.15) is 5.82 Å². The summed E-state index contributed by atoms with van der Waals surface area (Å²) in [5.74, 6) is 0.489. The molecule has 1 aromatic carbocycles. The van der Waals surface area contributed by atoms with Crippen LogP contribution in [0.4, 0.5) is 0 Å². The van der Waals surface area contributed by atoms with Crippen LogP contribution >= 0.6 is 11.6 Å². The Labute approximate surface area is 85.4 Å². The van der Waals surface area contributed by atoms with E-state index in [4.69, 9.17) is 11.6 Å². The minimum Gasteiger partial charge on any atom is -0.306 e. The third kappa shape index (κ3) is 1.67. The number of rotatable bonds is 1. The van der Waals surface area contributed by atoms with Crippen molar-refractivity contribution in [1.29, 1.82) is 0 Å². The third-order valence-electron chi connectivity index (χ3n) is 1.80. The number of H-pyrrole nitrogens is 1. The molecule has 0 saturated carbocycles. The van der Waals surface area contributed by atoms with Gasteiger partial charge in [0.25, 0.3) is 5.56 Å². The Morgan fingerprint density at radius 2 is 2.00 bits per heavy atom. The van der Waals surface area contributed by atoms with Crippen molar-refractivity contribution in [3.05, 3.63) is 51.9 Å². The molecule has 14 heavy (non-hydrogen) atoms. The molecule has 2 rings (SSSR count). The van der Waals surface area contributed by atoms with E-state index in [2.05, 4.69) is 9.97 Å². The van der Waals surface area contributed by atoms with Crippen LogP contribution in [-0.4, -0.2) is 9.97 Å². The first kappa shape index (κ1) is 8.97. The first-order chi connectivity index (χ1) is 6.77. The van der Waals surface area contributed by atoms with Crippen LogP contribution in [0.15, 0.2) is 41.3 Å². The Kier molecular flexibility index (Phi) is 2.33. The maximum Gasteiger partial charge on any atom is 0.251 e. The Morgan fingerprint density at radius 3 is 2.71 bits per heavy atom. The van der Waals surface area contributed by atoms with E-state index in [9.17, 15) is 4.79 Å². The molecule has 0 amide bonds. The van der Waals surface area contributed by atoms with E-state index in [0.29, 0.717) is 10.8 Å². The fraction of sp³-hybridized carbons (Fsp3) is 0. The molecule has 70 valence electrons. The highest BCUT2D eigenvalue weighted by molar-refractivity contribution is 6.33. The summed E-state index contributed by atoms with van der Waals surface area (Å²) in [7, 11) is 0. The van der Waals surface area contributed by atoms with Gasteiger partial charge in [-0.1, -0.05) is 23.7 Å². The zero-order chi connectivity index (χ0) is 9.97. The molecule has 0 aliphatic carbocycles. The van der Waals surface area contributed by atoms with E-state index < -0.39 is 0 Å². The lowest BCUT2D eigenvalue weighted by atomic mass is 10.2. The second-order valence-corrected chi connectivity index (χ2v) is 3.17. The van der Waals surface area contributed by atoms with Crippen molar-refractivity contribution < 1.29 is 0 Å². The fourth-order valence-electron chi connectivity index (χ4n) is 1.16. The fourth-order valence-corrected chi connectivity index (χ4v) is 1.39. The van der Waals surface area contributed by atoms with Gasteiger partial charge < -0.3 is 4.98 Å². The van der Waals surface area contributed by atoms with Gasteiger partial charge in [-0.05, 0) is 12.1 Å². The summed E-state index contributed by atoms with van der Waals surface area (Å²) in [6.07, 6.45) is 1.46. The largest absolute Gasteiger partial charge is 0.306 e. The predicted molar refractivity (Wildman–Crippen MR) is 55.3 cm³/mol. The number of benzene rings is 1. The van der Waals surface area contributed by atoms with E-state index in [-0.39, 0.29) is 5.56 Å². The van der Waals surface area contributed by atoms with Gasteiger partial charge in [-0.2, -0.15) is 0 Å². The molecule has 3 nitrogen and oxygen atoms in total. The average Bonchev–Trinajstić information content (AvgIpc) is 2.18. The molecule has 0 spiro atoms. The number of hydrogen-bond acceptors (Lipinski definition) is 2. The Morgan fingerprint density at radius 1 is 1.21 bits per heavy atom. The highest BCUT2D eigenvalue weighted by Crippen LogP contribution is 2.22. The van der Waals surface area contributed by atoms with Crippen molar-refractivity contribution in [2.24, 2.45) is 0 Å². The number of halogens is 1. The lowest BCUT2D eigenvalue weighted by Gasteiger charge is -2.01. The summed E-state index contributed by atoms with van der Waals surface area (Å²) in [5, 5.41) is 0.571. The molecule has 2 aromatic rings. The number of hydrogen-bond donors (Lipinski definition) is 1. The second kappa shape index (κ2) is 3.64. The molecule has 0 atom stereocenters. The van der Waals surface area contributed by atoms with Crippen LogP contribution < -0.4 is 5.56 Å². The average molecular weight is 207 g/mol. The normalized spacial score (nSPS) is 10.1. The first-order valence-electron chi connectivity index (χ1n) is 4.07. The van der Waals surface area contributed by atoms with Crippen molar-refractivity contribution in [2.45, 2.75) is 0 Å². The lowest BCUT2D eigenvalue weighted by Crippen LogP contribution is -2.05. The van der Waals surface area contributed by atoms with E-state index >= 15 is 0 Å². The highest BCUT2D eigenvalue weighted by atomic mass is 35.5. The van der Waals surface area contributed by atoms with Crippen LogP contribution in [0.3, 0.4) is 0 Å². The quantitative estimate of drug-likeness (QED) is 0.777. The number of nitrogens with one attached hydrogen (secondary N) is 1. The molecule has 1 aromatic heterocycles. The summed E-state index contributed by atoms with van der Waals surface area (Å²) < 4.78 is 0. The molecule has 0 fully saturated rings. The van der Waals surface area contributed by atoms with Crippen molar-refractivity contribution >= 4 is 11.6 Å². The maximum atomic E-state index is 11.0. The lowest BCUT2D eigenvalue weighted by molar-refractivity contribution is 1.13. The van der Waals surface area contributed by atoms with Crippen molar-refractivity contribution in [1.82, 2.24) is 9.97 Å². The van der Waals surface area contributed by atoms with Crippen molar-refractivity contribution in [2.75, 3.05) is 0 Å². The predicted octanol–water partition coefficient (Wildman–Crippen LogP) is 2.09. The van der Waals surface area contributed by atoms with Gasteiger partial charge in [0, 0.05) is 17.8 Å². The van der Waals surface area contributed by atoms with Crippen LogP contribution in [-0.2, 0) is 0 Å². The molecular formula is C10H7ClN2O. The van der Waals surface area contributed by atoms with Crippen molar-refractivity contribution in [3.8, 4) is 11.4 Å². The minimum atomic E-state index is -0.185. The van der Waals surface area contributed by atoms with Gasteiger partial charge in [-0.25, -0.2) is 4.98 Å². The Bertz CT molecular complexity index is 507. The first-order valence-corrected chi connectivity index (χ1v) is 4.45. The number of aromatic nitrogens is 2. The number of aromatic amines is 1. The van der Waals surface area contributed by atoms with Gasteiger partial charge >= 0.3 is 0 Å². The molecule has 4 heteroatoms. The zero-order valence-electron chi connectivity index (χ0n) is 7.20. The molecule has 0 bridgehead atoms. The van der Waals surface area contributed by atoms with E-state index in [1.807, 2.05) is 12.1 Å². The smallest absolute Gasteiger partial charge is 0.251 e. The molecule has 0 aliphatic heterocycles. The minimum absolute atomic E-state index is 0.185. The van der Waals surface area contributed by atoms with Crippen molar-refractivity contribution in [3.63, 3.8) is 0 Å². The molecule has 0 saturated heterocycles. The molecule has 0 aliphatic rings. The Hall–Kier alpha value is -1.61. The van der Waals surface area contributed by atoms with Gasteiger partial charge in [-0.15, -0.1) is 0 Å². The molecule has 1 heterocycles. The van der Waals surface area contributed by atoms with E-state index in [1.54, 1.807) is 12.1 Å². The molecular weight excluding hydrogens is 200 g/mol. The Balaban J connectivity index is 2.61. The van der Waals surface area contributed by atoms with Crippen LogP contribution in [0.1, 0.15) is 0 Å². The summed E-state index contributed by atoms with van der Waals surface area (Å²) in [6, 6.07) is 8.59. The summed E-state index contributed by atoms with van der Waals surface area (Å²) in [6.45, 7) is 0. The van der Waals surface area contributed by atoms with Crippen LogP contribution in [0.5, 0.6) is 0 Å². The van der Waals surface area contributed by atoms with Crippen LogP contribution in [0, 0.1) is 0 Å². The zero-order valence-corrected chi connectivity index (χ0v) is 7.95. The summed E-state index contributed by atoms with van der Waals surface area (Å²) >= 11 is 5.95. The monoisotopic (exact) mass is 206 g/mol. The number of nitrogens with zero attached hydrogens (tertiary/aromatic N) is 1. The van der Waals surface area contributed by atoms with Crippen LogP contribution in [0.2, 0.25) is 5.02 Å². The summed E-state index contributed by atoms with van der Waals surface area (Å²) in [5.41, 5.74) is 0.543. The molecule has 0 unspecified atom stereocenters. The van der Waals surface area contributed by atoms with E-state index in [0.717, 1.165) is 5.56 Å². The van der Waals surface area contributed by atoms with Gasteiger partial charge in [0.2, 0.25) is 0 Å². The van der Waals surface area contributed by atoms with Gasteiger partial charge in [0.05, 0.1) is 5.02 Å². The topological polar surface area (TPSA) is 45.8 Å². The van der Waals surface area contributed by atoms with E-state index in [1.165, 1.54) is 12.3 Å².